The van der Waals surface area contributed by atoms with Gasteiger partial charge in [0.15, 0.2) is 17.4 Å². The molecule has 2 amide bonds. The Kier molecular flexibility index (Phi) is 9.75. The van der Waals surface area contributed by atoms with Crippen molar-refractivity contribution in [1.29, 1.82) is 0 Å². The second-order valence-corrected chi connectivity index (χ2v) is 9.10. The van der Waals surface area contributed by atoms with Crippen LogP contribution in [0.5, 0.6) is 5.75 Å². The van der Waals surface area contributed by atoms with Gasteiger partial charge in [-0.2, -0.15) is 0 Å². The van der Waals surface area contributed by atoms with Crippen LogP contribution in [-0.4, -0.2) is 59.2 Å². The van der Waals surface area contributed by atoms with Crippen LogP contribution in [0.25, 0.3) is 0 Å². The third-order valence-electron chi connectivity index (χ3n) is 6.12. The number of hydrazine groups is 1. The van der Waals surface area contributed by atoms with Gasteiger partial charge >= 0.3 is 0 Å². The largest absolute Gasteiger partial charge is 0.494 e. The van der Waals surface area contributed by atoms with Crippen LogP contribution in [0.1, 0.15) is 53.0 Å². The zero-order valence-electron chi connectivity index (χ0n) is 21.0. The smallest absolute Gasteiger partial charge is 0.270 e. The van der Waals surface area contributed by atoms with E-state index < -0.39 is 18.3 Å². The molecule has 0 aliphatic heterocycles. The highest BCUT2D eigenvalue weighted by atomic mass is 19.1. The lowest BCUT2D eigenvalue weighted by Crippen LogP contribution is -2.42. The summed E-state index contributed by atoms with van der Waals surface area (Å²) in [6, 6.07) is 7.57. The average Bonchev–Trinajstić information content (AvgIpc) is 2.87. The van der Waals surface area contributed by atoms with Gasteiger partial charge in [0, 0.05) is 23.8 Å². The van der Waals surface area contributed by atoms with Crippen LogP contribution >= 0.6 is 0 Å². The van der Waals surface area contributed by atoms with E-state index in [1.807, 2.05) is 0 Å². The number of carbonyl (C=O) groups excluding carboxylic acids is 2. The minimum absolute atomic E-state index is 0.00644. The van der Waals surface area contributed by atoms with E-state index >= 15 is 0 Å². The van der Waals surface area contributed by atoms with Gasteiger partial charge in [0.25, 0.3) is 5.91 Å². The normalized spacial score (nSPS) is 17.7. The number of rotatable bonds is 10. The highest BCUT2D eigenvalue weighted by Gasteiger charge is 2.24. The molecule has 2 atom stereocenters. The van der Waals surface area contributed by atoms with Crippen LogP contribution in [0.3, 0.4) is 0 Å². The molecule has 1 aliphatic carbocycles. The van der Waals surface area contributed by atoms with Gasteiger partial charge in [0.2, 0.25) is 5.91 Å². The first kappa shape index (κ1) is 27.8. The second-order valence-electron chi connectivity index (χ2n) is 9.10. The number of pyridine rings is 1. The summed E-state index contributed by atoms with van der Waals surface area (Å²) in [6.07, 6.45) is 3.45. The lowest BCUT2D eigenvalue weighted by atomic mass is 9.85. The SMILES string of the molecule is COc1cc(CNC(=O)c2cc(/C(N)=N/N(N)C[C@H]3CCC[C@@H](NC(=O)CO)C3)cc(C)n2)ccc1F. The molecule has 12 heteroatoms. The van der Waals surface area contributed by atoms with Crippen molar-refractivity contribution in [3.05, 3.63) is 58.7 Å². The molecular weight excluding hydrogens is 481 g/mol. The van der Waals surface area contributed by atoms with Gasteiger partial charge in [-0.1, -0.05) is 12.5 Å². The Balaban J connectivity index is 1.62. The molecule has 11 nitrogen and oxygen atoms in total. The number of ether oxygens (including phenoxy) is 1. The van der Waals surface area contributed by atoms with Gasteiger partial charge in [0.1, 0.15) is 12.3 Å². The number of nitrogens with two attached hydrogens (primary N) is 2. The van der Waals surface area contributed by atoms with Crippen molar-refractivity contribution in [3.8, 4) is 5.75 Å². The standard InChI is InChI=1S/C25H34FN7O4/c1-15-8-18(11-21(30-15)25(36)29-12-16-6-7-20(26)22(10-16)37-2)24(27)32-33(28)13-17-4-3-5-19(9-17)31-23(35)14-34/h6-8,10-11,17,19,34H,3-5,9,12-14,28H2,1-2H3,(H2,27,32)(H,29,36)(H,31,35)/t17-,19+/m0/s1. The lowest BCUT2D eigenvalue weighted by molar-refractivity contribution is -0.124. The van der Waals surface area contributed by atoms with Crippen molar-refractivity contribution in [1.82, 2.24) is 20.7 Å². The molecule has 2 aromatic rings. The van der Waals surface area contributed by atoms with Crippen molar-refractivity contribution >= 4 is 17.6 Å². The molecule has 1 aliphatic rings. The molecule has 1 heterocycles. The molecule has 3 rings (SSSR count). The fraction of sp³-hybridized carbons (Fsp3) is 0.440. The van der Waals surface area contributed by atoms with Crippen LogP contribution in [0, 0.1) is 18.7 Å². The number of amidine groups is 1. The van der Waals surface area contributed by atoms with Crippen molar-refractivity contribution in [3.63, 3.8) is 0 Å². The third-order valence-corrected chi connectivity index (χ3v) is 6.12. The molecule has 7 N–H and O–H groups in total. The Morgan fingerprint density at radius 3 is 2.81 bits per heavy atom. The second kappa shape index (κ2) is 13.0. The maximum absolute atomic E-state index is 13.6. The van der Waals surface area contributed by atoms with Crippen LogP contribution in [0.2, 0.25) is 0 Å². The van der Waals surface area contributed by atoms with Gasteiger partial charge in [-0.15, -0.1) is 5.10 Å². The molecule has 0 unspecified atom stereocenters. The number of methoxy groups -OCH3 is 1. The molecule has 0 saturated heterocycles. The number of hydrogen-bond acceptors (Lipinski definition) is 8. The number of aryl methyl sites for hydroxylation is 1. The zero-order chi connectivity index (χ0) is 26.9. The maximum Gasteiger partial charge on any atom is 0.270 e. The predicted octanol–water partition coefficient (Wildman–Crippen LogP) is 0.931. The predicted molar refractivity (Wildman–Crippen MR) is 136 cm³/mol. The van der Waals surface area contributed by atoms with Crippen molar-refractivity contribution in [2.75, 3.05) is 20.3 Å². The van der Waals surface area contributed by atoms with E-state index in [0.29, 0.717) is 23.4 Å². The molecule has 0 bridgehead atoms. The first-order valence-corrected chi connectivity index (χ1v) is 12.0. The Morgan fingerprint density at radius 2 is 2.08 bits per heavy atom. The van der Waals surface area contributed by atoms with E-state index in [1.54, 1.807) is 19.1 Å². The summed E-state index contributed by atoms with van der Waals surface area (Å²) in [6.45, 7) is 1.80. The summed E-state index contributed by atoms with van der Waals surface area (Å²) in [5.41, 5.74) is 8.08. The summed E-state index contributed by atoms with van der Waals surface area (Å²) < 4.78 is 18.6. The molecule has 1 aromatic carbocycles. The van der Waals surface area contributed by atoms with E-state index in [1.165, 1.54) is 30.4 Å². The van der Waals surface area contributed by atoms with E-state index in [-0.39, 0.29) is 41.7 Å². The Labute approximate surface area is 215 Å². The molecule has 0 radical (unpaired) electrons. The Hall–Kier alpha value is -3.77. The molecule has 1 aromatic heterocycles. The van der Waals surface area contributed by atoms with Crippen LogP contribution in [0.15, 0.2) is 35.4 Å². The van der Waals surface area contributed by atoms with Gasteiger partial charge < -0.3 is 26.2 Å². The topological polar surface area (TPSA) is 168 Å². The summed E-state index contributed by atoms with van der Waals surface area (Å²) >= 11 is 0. The first-order valence-electron chi connectivity index (χ1n) is 12.0. The van der Waals surface area contributed by atoms with E-state index in [0.717, 1.165) is 25.7 Å². The number of carbonyl (C=O) groups is 2. The van der Waals surface area contributed by atoms with Crippen molar-refractivity contribution in [2.24, 2.45) is 22.6 Å². The average molecular weight is 516 g/mol. The first-order chi connectivity index (χ1) is 17.7. The van der Waals surface area contributed by atoms with Gasteiger partial charge in [0.05, 0.1) is 13.7 Å². The van der Waals surface area contributed by atoms with Crippen LogP contribution in [0.4, 0.5) is 4.39 Å². The number of nitrogens with one attached hydrogen (secondary N) is 2. The number of benzene rings is 1. The summed E-state index contributed by atoms with van der Waals surface area (Å²) in [5, 5.41) is 20.1. The number of hydrogen-bond donors (Lipinski definition) is 5. The minimum atomic E-state index is -0.530. The number of aliphatic hydroxyl groups is 1. The number of aromatic nitrogens is 1. The molecular formula is C25H34FN7O4. The lowest BCUT2D eigenvalue weighted by Gasteiger charge is -2.31. The Bertz CT molecular complexity index is 1140. The van der Waals surface area contributed by atoms with Crippen LogP contribution < -0.4 is 26.9 Å². The molecule has 1 fully saturated rings. The fourth-order valence-corrected chi connectivity index (χ4v) is 4.38. The van der Waals surface area contributed by atoms with Crippen molar-refractivity contribution in [2.45, 2.75) is 45.2 Å². The molecule has 200 valence electrons. The summed E-state index contributed by atoms with van der Waals surface area (Å²) in [5.74, 6) is 5.23. The van der Waals surface area contributed by atoms with E-state index in [9.17, 15) is 14.0 Å². The molecule has 37 heavy (non-hydrogen) atoms. The highest BCUT2D eigenvalue weighted by Crippen LogP contribution is 2.25. The molecule has 0 spiro atoms. The van der Waals surface area contributed by atoms with Crippen LogP contribution in [-0.2, 0) is 11.3 Å². The van der Waals surface area contributed by atoms with Gasteiger partial charge in [-0.3, -0.25) is 9.59 Å². The number of amides is 2. The quantitative estimate of drug-likeness (QED) is 0.135. The monoisotopic (exact) mass is 515 g/mol. The number of halogens is 1. The number of nitrogens with zero attached hydrogens (tertiary/aromatic N) is 3. The molecule has 1 saturated carbocycles. The van der Waals surface area contributed by atoms with Gasteiger partial charge in [-0.05, 0) is 61.9 Å². The Morgan fingerprint density at radius 1 is 1.30 bits per heavy atom. The maximum atomic E-state index is 13.6. The fourth-order valence-electron chi connectivity index (χ4n) is 4.38. The number of aliphatic hydroxyl groups excluding tert-OH is 1. The minimum Gasteiger partial charge on any atom is -0.494 e. The number of hydrazone groups is 1. The van der Waals surface area contributed by atoms with E-state index in [4.69, 9.17) is 21.4 Å². The summed E-state index contributed by atoms with van der Waals surface area (Å²) in [7, 11) is 1.37. The zero-order valence-corrected chi connectivity index (χ0v) is 21.0. The third kappa shape index (κ3) is 8.12. The summed E-state index contributed by atoms with van der Waals surface area (Å²) in [4.78, 5) is 28.5. The highest BCUT2D eigenvalue weighted by molar-refractivity contribution is 6.00. The van der Waals surface area contributed by atoms with Crippen molar-refractivity contribution < 1.29 is 23.8 Å². The van der Waals surface area contributed by atoms with E-state index in [2.05, 4.69) is 20.7 Å². The van der Waals surface area contributed by atoms with Gasteiger partial charge in [-0.25, -0.2) is 20.3 Å².